The second kappa shape index (κ2) is 3.51. The first-order chi connectivity index (χ1) is 5.90. The van der Waals surface area contributed by atoms with E-state index in [1.165, 1.54) is 6.26 Å². The van der Waals surface area contributed by atoms with Crippen LogP contribution in [0, 0.1) is 0 Å². The Morgan fingerprint density at radius 2 is 2.23 bits per heavy atom. The molecule has 0 aliphatic carbocycles. The van der Waals surface area contributed by atoms with E-state index < -0.39 is 15.9 Å². The van der Waals surface area contributed by atoms with E-state index in [0.717, 1.165) is 5.69 Å². The van der Waals surface area contributed by atoms with Gasteiger partial charge in [0.25, 0.3) is 0 Å². The second-order valence-corrected chi connectivity index (χ2v) is 5.43. The van der Waals surface area contributed by atoms with Crippen molar-refractivity contribution in [2.24, 2.45) is 12.8 Å². The summed E-state index contributed by atoms with van der Waals surface area (Å²) in [7, 11) is -1.16. The summed E-state index contributed by atoms with van der Waals surface area (Å²) in [5.74, 6) is -0.00907. The summed E-state index contributed by atoms with van der Waals surface area (Å²) < 4.78 is 23.7. The van der Waals surface area contributed by atoms with Gasteiger partial charge in [-0.15, -0.1) is 0 Å². The lowest BCUT2D eigenvalue weighted by atomic mass is 10.2. The van der Waals surface area contributed by atoms with Crippen molar-refractivity contribution < 1.29 is 8.42 Å². The highest BCUT2D eigenvalue weighted by atomic mass is 32.2. The standard InChI is InChI=1S/C8H14N2O2S/c1-10-5-3-4-8(10)7(9)6-13(2,11)12/h3-5,7H,6,9H2,1-2H3/t7-/m1/s1. The highest BCUT2D eigenvalue weighted by Gasteiger charge is 2.14. The number of aryl methyl sites for hydroxylation is 1. The predicted molar refractivity (Wildman–Crippen MR) is 52.1 cm³/mol. The van der Waals surface area contributed by atoms with Crippen LogP contribution in [0.15, 0.2) is 18.3 Å². The summed E-state index contributed by atoms with van der Waals surface area (Å²) in [4.78, 5) is 0. The smallest absolute Gasteiger partial charge is 0.149 e. The molecule has 74 valence electrons. The van der Waals surface area contributed by atoms with Gasteiger partial charge in [-0.25, -0.2) is 8.42 Å². The zero-order valence-electron chi connectivity index (χ0n) is 7.77. The lowest BCUT2D eigenvalue weighted by molar-refractivity contribution is 0.591. The fourth-order valence-electron chi connectivity index (χ4n) is 1.27. The van der Waals surface area contributed by atoms with Gasteiger partial charge in [-0.2, -0.15) is 0 Å². The van der Waals surface area contributed by atoms with E-state index in [1.54, 1.807) is 0 Å². The van der Waals surface area contributed by atoms with Crippen molar-refractivity contribution in [2.75, 3.05) is 12.0 Å². The van der Waals surface area contributed by atoms with Gasteiger partial charge in [0.05, 0.1) is 11.8 Å². The summed E-state index contributed by atoms with van der Waals surface area (Å²) >= 11 is 0. The number of nitrogens with two attached hydrogens (primary N) is 1. The van der Waals surface area contributed by atoms with E-state index in [1.807, 2.05) is 29.9 Å². The van der Waals surface area contributed by atoms with Gasteiger partial charge in [-0.3, -0.25) is 0 Å². The van der Waals surface area contributed by atoms with Gasteiger partial charge in [0.15, 0.2) is 0 Å². The summed E-state index contributed by atoms with van der Waals surface area (Å²) in [5, 5.41) is 0. The quantitative estimate of drug-likeness (QED) is 0.754. The van der Waals surface area contributed by atoms with Crippen LogP contribution >= 0.6 is 0 Å². The largest absolute Gasteiger partial charge is 0.353 e. The van der Waals surface area contributed by atoms with E-state index in [0.29, 0.717) is 0 Å². The Kier molecular flexibility index (Phi) is 2.77. The highest BCUT2D eigenvalue weighted by Crippen LogP contribution is 2.11. The van der Waals surface area contributed by atoms with Crippen LogP contribution < -0.4 is 5.73 Å². The van der Waals surface area contributed by atoms with E-state index in [9.17, 15) is 8.42 Å². The summed E-state index contributed by atoms with van der Waals surface area (Å²) in [5.41, 5.74) is 6.56. The molecule has 0 aliphatic heterocycles. The molecule has 0 spiro atoms. The number of hydrogen-bond acceptors (Lipinski definition) is 3. The maximum absolute atomic E-state index is 11.0. The zero-order chi connectivity index (χ0) is 10.1. The molecule has 1 aromatic heterocycles. The Morgan fingerprint density at radius 3 is 2.62 bits per heavy atom. The molecule has 2 N–H and O–H groups in total. The monoisotopic (exact) mass is 202 g/mol. The molecule has 0 bridgehead atoms. The molecule has 0 saturated heterocycles. The third-order valence-electron chi connectivity index (χ3n) is 1.85. The van der Waals surface area contributed by atoms with E-state index in [-0.39, 0.29) is 5.75 Å². The Balaban J connectivity index is 2.81. The molecule has 1 atom stereocenters. The Morgan fingerprint density at radius 1 is 1.62 bits per heavy atom. The molecular weight excluding hydrogens is 188 g/mol. The highest BCUT2D eigenvalue weighted by molar-refractivity contribution is 7.90. The first kappa shape index (κ1) is 10.3. The molecule has 1 aromatic rings. The van der Waals surface area contributed by atoms with Crippen LogP contribution in [0.4, 0.5) is 0 Å². The van der Waals surface area contributed by atoms with Crippen molar-refractivity contribution in [3.05, 3.63) is 24.0 Å². The fraction of sp³-hybridized carbons (Fsp3) is 0.500. The molecular formula is C8H14N2O2S. The molecule has 0 aromatic carbocycles. The van der Waals surface area contributed by atoms with Crippen molar-refractivity contribution in [1.29, 1.82) is 0 Å². The van der Waals surface area contributed by atoms with E-state index in [4.69, 9.17) is 5.73 Å². The van der Waals surface area contributed by atoms with Gasteiger partial charge >= 0.3 is 0 Å². The lowest BCUT2D eigenvalue weighted by Gasteiger charge is -2.11. The average Bonchev–Trinajstić information content (AvgIpc) is 2.30. The van der Waals surface area contributed by atoms with Gasteiger partial charge in [0.1, 0.15) is 9.84 Å². The molecule has 4 nitrogen and oxygen atoms in total. The summed E-state index contributed by atoms with van der Waals surface area (Å²) in [6.07, 6.45) is 3.03. The molecule has 0 aliphatic rings. The van der Waals surface area contributed by atoms with Crippen molar-refractivity contribution >= 4 is 9.84 Å². The van der Waals surface area contributed by atoms with Gasteiger partial charge < -0.3 is 10.3 Å². The minimum absolute atomic E-state index is 0.00907. The van der Waals surface area contributed by atoms with Crippen LogP contribution in [0.1, 0.15) is 11.7 Å². The number of nitrogens with zero attached hydrogens (tertiary/aromatic N) is 1. The van der Waals surface area contributed by atoms with Crippen molar-refractivity contribution in [3.63, 3.8) is 0 Å². The van der Waals surface area contributed by atoms with E-state index in [2.05, 4.69) is 0 Å². The first-order valence-electron chi connectivity index (χ1n) is 3.94. The SMILES string of the molecule is Cn1cccc1[C@H](N)CS(C)(=O)=O. The van der Waals surface area contributed by atoms with Crippen molar-refractivity contribution in [1.82, 2.24) is 4.57 Å². The minimum Gasteiger partial charge on any atom is -0.353 e. The van der Waals surface area contributed by atoms with Gasteiger partial charge in [0, 0.05) is 25.2 Å². The molecule has 1 heterocycles. The van der Waals surface area contributed by atoms with Gasteiger partial charge in [-0.05, 0) is 12.1 Å². The maximum atomic E-state index is 11.0. The van der Waals surface area contributed by atoms with Gasteiger partial charge in [0.2, 0.25) is 0 Å². The fourth-order valence-corrected chi connectivity index (χ4v) is 2.09. The summed E-state index contributed by atoms with van der Waals surface area (Å²) in [6, 6.07) is 3.24. The Bertz CT molecular complexity index is 381. The second-order valence-electron chi connectivity index (χ2n) is 3.24. The normalized spacial score (nSPS) is 14.4. The Hall–Kier alpha value is -0.810. The molecule has 0 fully saturated rings. The van der Waals surface area contributed by atoms with Crippen LogP contribution in [-0.4, -0.2) is 25.0 Å². The maximum Gasteiger partial charge on any atom is 0.149 e. The molecule has 0 unspecified atom stereocenters. The van der Waals surface area contributed by atoms with Crippen LogP contribution in [0.2, 0.25) is 0 Å². The molecule has 1 rings (SSSR count). The first-order valence-corrected chi connectivity index (χ1v) is 6.01. The molecule has 0 amide bonds. The third kappa shape index (κ3) is 2.86. The van der Waals surface area contributed by atoms with Crippen LogP contribution in [0.25, 0.3) is 0 Å². The number of rotatable bonds is 3. The molecule has 13 heavy (non-hydrogen) atoms. The molecule has 0 radical (unpaired) electrons. The summed E-state index contributed by atoms with van der Waals surface area (Å²) in [6.45, 7) is 0. The number of sulfone groups is 1. The lowest BCUT2D eigenvalue weighted by Crippen LogP contribution is -2.22. The molecule has 0 saturated carbocycles. The molecule has 5 heteroatoms. The zero-order valence-corrected chi connectivity index (χ0v) is 8.58. The van der Waals surface area contributed by atoms with Crippen molar-refractivity contribution in [3.8, 4) is 0 Å². The van der Waals surface area contributed by atoms with Gasteiger partial charge in [-0.1, -0.05) is 0 Å². The van der Waals surface area contributed by atoms with E-state index >= 15 is 0 Å². The topological polar surface area (TPSA) is 65.1 Å². The van der Waals surface area contributed by atoms with Crippen LogP contribution in [-0.2, 0) is 16.9 Å². The van der Waals surface area contributed by atoms with Crippen LogP contribution in [0.5, 0.6) is 0 Å². The third-order valence-corrected chi connectivity index (χ3v) is 2.81. The number of hydrogen-bond donors (Lipinski definition) is 1. The predicted octanol–water partition coefficient (Wildman–Crippen LogP) is 0.0695. The minimum atomic E-state index is -3.00. The number of aromatic nitrogens is 1. The van der Waals surface area contributed by atoms with Crippen molar-refractivity contribution in [2.45, 2.75) is 6.04 Å². The average molecular weight is 202 g/mol. The van der Waals surface area contributed by atoms with Crippen LogP contribution in [0.3, 0.4) is 0 Å². The Labute approximate surface area is 78.3 Å².